The van der Waals surface area contributed by atoms with Gasteiger partial charge >= 0.3 is 0 Å². The quantitative estimate of drug-likeness (QED) is 0.458. The Morgan fingerprint density at radius 1 is 1.57 bits per heavy atom. The third-order valence-corrected chi connectivity index (χ3v) is 2.61. The molecule has 0 unspecified atom stereocenters. The Labute approximate surface area is 87.6 Å². The first-order valence-corrected chi connectivity index (χ1v) is 4.38. The van der Waals surface area contributed by atoms with Crippen LogP contribution in [-0.4, -0.2) is 11.2 Å². The van der Waals surface area contributed by atoms with Crippen LogP contribution in [-0.2, 0) is 0 Å². The maximum Gasteiger partial charge on any atom is 0.266 e. The lowest BCUT2D eigenvalue weighted by Crippen LogP contribution is -2.04. The molecule has 1 rings (SSSR count). The van der Waals surface area contributed by atoms with Crippen LogP contribution in [0.1, 0.15) is 15.9 Å². The number of nitro groups is 1. The number of nitrogens with zero attached hydrogens (tertiary/aromatic N) is 1. The van der Waals surface area contributed by atoms with Crippen molar-refractivity contribution in [1.82, 2.24) is 0 Å². The minimum Gasteiger partial charge on any atom is -0.867 e. The van der Waals surface area contributed by atoms with Crippen LogP contribution >= 0.6 is 15.9 Å². The van der Waals surface area contributed by atoms with Gasteiger partial charge in [-0.2, -0.15) is 0 Å². The fraction of sp³-hybridized carbons (Fsp3) is 0.125. The van der Waals surface area contributed by atoms with E-state index in [0.29, 0.717) is 10.8 Å². The summed E-state index contributed by atoms with van der Waals surface area (Å²) in [4.78, 5) is 20.2. The summed E-state index contributed by atoms with van der Waals surface area (Å²) in [5.41, 5.74) is -0.541. The zero-order valence-electron chi connectivity index (χ0n) is 7.11. The minimum absolute atomic E-state index is 0.214. The van der Waals surface area contributed by atoms with Crippen molar-refractivity contribution in [2.45, 2.75) is 6.92 Å². The minimum atomic E-state index is -0.842. The van der Waals surface area contributed by atoms with Crippen LogP contribution in [0.4, 0.5) is 5.69 Å². The lowest BCUT2D eigenvalue weighted by molar-refractivity contribution is -0.398. The highest BCUT2D eigenvalue weighted by molar-refractivity contribution is 9.10. The van der Waals surface area contributed by atoms with Crippen LogP contribution in [0.15, 0.2) is 10.5 Å². The lowest BCUT2D eigenvalue weighted by atomic mass is 10.1. The van der Waals surface area contributed by atoms with Gasteiger partial charge in [0, 0.05) is 15.6 Å². The van der Waals surface area contributed by atoms with Gasteiger partial charge in [-0.1, -0.05) is 15.9 Å². The second-order valence-corrected chi connectivity index (χ2v) is 3.48. The number of hydrogen-bond acceptors (Lipinski definition) is 4. The topological polar surface area (TPSA) is 83.3 Å². The second-order valence-electron chi connectivity index (χ2n) is 2.63. The first-order valence-electron chi connectivity index (χ1n) is 3.58. The van der Waals surface area contributed by atoms with Crippen molar-refractivity contribution in [3.05, 3.63) is 31.8 Å². The summed E-state index contributed by atoms with van der Waals surface area (Å²) in [6, 6.07) is 1.28. The Kier molecular flexibility index (Phi) is 2.85. The average Bonchev–Trinajstić information content (AvgIpc) is 2.11. The summed E-state index contributed by atoms with van der Waals surface area (Å²) < 4.78 is 0.380. The first kappa shape index (κ1) is 10.6. The van der Waals surface area contributed by atoms with Gasteiger partial charge in [0.05, 0.1) is 4.92 Å². The van der Waals surface area contributed by atoms with E-state index < -0.39 is 16.4 Å². The number of carbonyl (C=O) groups excluding carboxylic acids is 1. The number of nitro benzene ring substituents is 1. The molecule has 0 spiro atoms. The van der Waals surface area contributed by atoms with Crippen LogP contribution in [0, 0.1) is 17.0 Å². The molecule has 0 bridgehead atoms. The molecule has 0 aliphatic carbocycles. The molecule has 6 heteroatoms. The maximum atomic E-state index is 11.3. The molecule has 0 heterocycles. The smallest absolute Gasteiger partial charge is 0.266 e. The van der Waals surface area contributed by atoms with E-state index >= 15 is 0 Å². The highest BCUT2D eigenvalue weighted by atomic mass is 79.9. The molecule has 1 aromatic carbocycles. The van der Waals surface area contributed by atoms with Gasteiger partial charge in [0.2, 0.25) is 0 Å². The second kappa shape index (κ2) is 3.75. The van der Waals surface area contributed by atoms with Crippen molar-refractivity contribution in [3.63, 3.8) is 0 Å². The molecule has 0 aliphatic heterocycles. The number of carbonyl (C=O) groups is 1. The van der Waals surface area contributed by atoms with Crippen LogP contribution in [0.25, 0.3) is 0 Å². The van der Waals surface area contributed by atoms with E-state index in [1.54, 1.807) is 0 Å². The van der Waals surface area contributed by atoms with Gasteiger partial charge in [-0.25, -0.2) is 0 Å². The zero-order valence-corrected chi connectivity index (χ0v) is 8.70. The Balaban J connectivity index is 3.61. The predicted molar refractivity (Wildman–Crippen MR) is 50.4 cm³/mol. The van der Waals surface area contributed by atoms with Crippen LogP contribution in [0.5, 0.6) is 5.75 Å². The van der Waals surface area contributed by atoms with Gasteiger partial charge in [0.1, 0.15) is 6.29 Å². The fourth-order valence-corrected chi connectivity index (χ4v) is 1.47. The molecule has 0 amide bonds. The van der Waals surface area contributed by atoms with Crippen molar-refractivity contribution in [3.8, 4) is 5.75 Å². The molecular formula is C8H5BrNO4-. The van der Waals surface area contributed by atoms with Crippen LogP contribution in [0.3, 0.4) is 0 Å². The first-order chi connectivity index (χ1) is 6.49. The van der Waals surface area contributed by atoms with Gasteiger partial charge in [0.25, 0.3) is 5.69 Å². The molecule has 0 fully saturated rings. The van der Waals surface area contributed by atoms with Crippen molar-refractivity contribution < 1.29 is 14.8 Å². The SMILES string of the molecule is Cc1c(Br)cc(C=O)c([O-])c1[N+](=O)[O-]. The molecule has 5 nitrogen and oxygen atoms in total. The monoisotopic (exact) mass is 258 g/mol. The Morgan fingerprint density at radius 2 is 2.14 bits per heavy atom. The van der Waals surface area contributed by atoms with Crippen molar-refractivity contribution in [1.29, 1.82) is 0 Å². The number of rotatable bonds is 2. The standard InChI is InChI=1S/C8H6BrNO4/c1-4-6(9)2-5(3-11)8(12)7(4)10(13)14/h2-3,12H,1H3/p-1. The largest absolute Gasteiger partial charge is 0.867 e. The molecule has 74 valence electrons. The van der Waals surface area contributed by atoms with E-state index in [4.69, 9.17) is 0 Å². The zero-order chi connectivity index (χ0) is 10.9. The van der Waals surface area contributed by atoms with Crippen molar-refractivity contribution in [2.75, 3.05) is 0 Å². The number of hydrogen-bond donors (Lipinski definition) is 0. The van der Waals surface area contributed by atoms with Gasteiger partial charge < -0.3 is 5.11 Å². The lowest BCUT2D eigenvalue weighted by Gasteiger charge is -2.12. The molecule has 0 saturated heterocycles. The molecule has 0 saturated carbocycles. The highest BCUT2D eigenvalue weighted by Gasteiger charge is 2.17. The molecule has 0 atom stereocenters. The Bertz CT molecular complexity index is 416. The summed E-state index contributed by atoms with van der Waals surface area (Å²) in [5, 5.41) is 21.9. The maximum absolute atomic E-state index is 11.3. The molecule has 0 aromatic heterocycles. The molecule has 0 radical (unpaired) electrons. The predicted octanol–water partition coefficient (Wildman–Crippen LogP) is 1.55. The van der Waals surface area contributed by atoms with E-state index in [1.807, 2.05) is 0 Å². The Morgan fingerprint density at radius 3 is 2.57 bits per heavy atom. The van der Waals surface area contributed by atoms with Crippen LogP contribution < -0.4 is 5.11 Å². The number of aldehydes is 1. The van der Waals surface area contributed by atoms with Crippen molar-refractivity contribution in [2.24, 2.45) is 0 Å². The van der Waals surface area contributed by atoms with Gasteiger partial charge in [-0.05, 0) is 18.7 Å². The van der Waals surface area contributed by atoms with Gasteiger partial charge in [-0.3, -0.25) is 14.9 Å². The van der Waals surface area contributed by atoms with Crippen LogP contribution in [0.2, 0.25) is 0 Å². The molecule has 1 aromatic rings. The fourth-order valence-electron chi connectivity index (χ4n) is 1.04. The summed E-state index contributed by atoms with van der Waals surface area (Å²) in [6.07, 6.45) is 0.305. The van der Waals surface area contributed by atoms with E-state index in [9.17, 15) is 20.0 Å². The van der Waals surface area contributed by atoms with Crippen molar-refractivity contribution >= 4 is 27.9 Å². The molecule has 14 heavy (non-hydrogen) atoms. The van der Waals surface area contributed by atoms with E-state index in [-0.39, 0.29) is 11.1 Å². The summed E-state index contributed by atoms with van der Waals surface area (Å²) in [6.45, 7) is 1.44. The number of benzene rings is 1. The summed E-state index contributed by atoms with van der Waals surface area (Å²) in [5.74, 6) is -0.842. The summed E-state index contributed by atoms with van der Waals surface area (Å²) >= 11 is 3.04. The van der Waals surface area contributed by atoms with Gasteiger partial charge in [-0.15, -0.1) is 0 Å². The Hall–Kier alpha value is -1.43. The normalized spacial score (nSPS) is 9.86. The third-order valence-electron chi connectivity index (χ3n) is 1.78. The van der Waals surface area contributed by atoms with Gasteiger partial charge in [0.15, 0.2) is 0 Å². The molecule has 0 aliphatic rings. The molecule has 0 N–H and O–H groups in total. The molecular weight excluding hydrogens is 254 g/mol. The van der Waals surface area contributed by atoms with E-state index in [0.717, 1.165) is 0 Å². The van der Waals surface area contributed by atoms with E-state index in [1.165, 1.54) is 13.0 Å². The highest BCUT2D eigenvalue weighted by Crippen LogP contribution is 2.35. The summed E-state index contributed by atoms with van der Waals surface area (Å²) in [7, 11) is 0. The third kappa shape index (κ3) is 1.60. The number of halogens is 1. The van der Waals surface area contributed by atoms with E-state index in [2.05, 4.69) is 15.9 Å². The average molecular weight is 259 g/mol.